The van der Waals surface area contributed by atoms with E-state index in [4.69, 9.17) is 4.74 Å². The molecular weight excluding hydrogens is 336 g/mol. The summed E-state index contributed by atoms with van der Waals surface area (Å²) in [5.74, 6) is 1.54. The first kappa shape index (κ1) is 19.4. The molecule has 2 aromatic carbocycles. The molecular formula is C23H30N2O2. The van der Waals surface area contributed by atoms with Crippen molar-refractivity contribution in [2.24, 2.45) is 5.92 Å². The van der Waals surface area contributed by atoms with Gasteiger partial charge in [0, 0.05) is 25.2 Å². The maximum atomic E-state index is 12.4. The zero-order valence-corrected chi connectivity index (χ0v) is 16.4. The van der Waals surface area contributed by atoms with Crippen LogP contribution in [-0.4, -0.2) is 31.0 Å². The van der Waals surface area contributed by atoms with Crippen LogP contribution in [0, 0.1) is 5.92 Å². The number of ether oxygens (including phenoxy) is 1. The van der Waals surface area contributed by atoms with Gasteiger partial charge in [-0.15, -0.1) is 0 Å². The van der Waals surface area contributed by atoms with E-state index >= 15 is 0 Å². The average molecular weight is 367 g/mol. The van der Waals surface area contributed by atoms with Crippen molar-refractivity contribution in [1.29, 1.82) is 0 Å². The molecule has 1 atom stereocenters. The van der Waals surface area contributed by atoms with Crippen LogP contribution < -0.4 is 10.1 Å². The van der Waals surface area contributed by atoms with Crippen molar-refractivity contribution in [2.45, 2.75) is 39.3 Å². The SMILES string of the molecule is COc1ccccc1CC(=O)NCc1ccccc1CN1CCCC(C)C1. The lowest BCUT2D eigenvalue weighted by Crippen LogP contribution is -2.34. The normalized spacial score (nSPS) is 17.5. The van der Waals surface area contributed by atoms with Crippen LogP contribution in [0.5, 0.6) is 5.75 Å². The lowest BCUT2D eigenvalue weighted by atomic mass is 9.99. The smallest absolute Gasteiger partial charge is 0.224 e. The van der Waals surface area contributed by atoms with Gasteiger partial charge >= 0.3 is 0 Å². The van der Waals surface area contributed by atoms with E-state index in [1.807, 2.05) is 30.3 Å². The Labute approximate surface area is 162 Å². The first-order chi connectivity index (χ1) is 13.2. The molecule has 0 radical (unpaired) electrons. The van der Waals surface area contributed by atoms with Crippen molar-refractivity contribution in [3.63, 3.8) is 0 Å². The number of piperidine rings is 1. The largest absolute Gasteiger partial charge is 0.496 e. The first-order valence-corrected chi connectivity index (χ1v) is 9.83. The number of carbonyl (C=O) groups is 1. The third-order valence-electron chi connectivity index (χ3n) is 5.27. The number of carbonyl (C=O) groups excluding carboxylic acids is 1. The fraction of sp³-hybridized carbons (Fsp3) is 0.435. The lowest BCUT2D eigenvalue weighted by molar-refractivity contribution is -0.120. The van der Waals surface area contributed by atoms with E-state index < -0.39 is 0 Å². The maximum absolute atomic E-state index is 12.4. The molecule has 1 aliphatic rings. The third kappa shape index (κ3) is 5.57. The minimum Gasteiger partial charge on any atom is -0.496 e. The summed E-state index contributed by atoms with van der Waals surface area (Å²) in [7, 11) is 1.63. The minimum atomic E-state index is 0.0147. The van der Waals surface area contributed by atoms with Gasteiger partial charge in [-0.05, 0) is 42.5 Å². The molecule has 0 aromatic heterocycles. The van der Waals surface area contributed by atoms with Crippen LogP contribution in [0.1, 0.15) is 36.5 Å². The fourth-order valence-corrected chi connectivity index (χ4v) is 3.83. The van der Waals surface area contributed by atoms with Crippen molar-refractivity contribution in [3.8, 4) is 5.75 Å². The van der Waals surface area contributed by atoms with Crippen LogP contribution in [0.25, 0.3) is 0 Å². The van der Waals surface area contributed by atoms with Gasteiger partial charge in [0.05, 0.1) is 13.5 Å². The van der Waals surface area contributed by atoms with Gasteiger partial charge in [0.1, 0.15) is 5.75 Å². The molecule has 0 aliphatic carbocycles. The van der Waals surface area contributed by atoms with E-state index in [1.165, 1.54) is 30.5 Å². The number of benzene rings is 2. The van der Waals surface area contributed by atoms with Gasteiger partial charge < -0.3 is 10.1 Å². The van der Waals surface area contributed by atoms with Crippen molar-refractivity contribution < 1.29 is 9.53 Å². The summed E-state index contributed by atoms with van der Waals surface area (Å²) in [6.07, 6.45) is 2.94. The highest BCUT2D eigenvalue weighted by Gasteiger charge is 2.17. The monoisotopic (exact) mass is 366 g/mol. The van der Waals surface area contributed by atoms with Crippen molar-refractivity contribution in [2.75, 3.05) is 20.2 Å². The molecule has 1 N–H and O–H groups in total. The van der Waals surface area contributed by atoms with Crippen LogP contribution in [0.4, 0.5) is 0 Å². The van der Waals surface area contributed by atoms with Gasteiger partial charge in [-0.1, -0.05) is 49.4 Å². The van der Waals surface area contributed by atoms with Crippen LogP contribution in [-0.2, 0) is 24.3 Å². The van der Waals surface area contributed by atoms with Gasteiger partial charge in [0.25, 0.3) is 0 Å². The Hall–Kier alpha value is -2.33. The number of nitrogens with one attached hydrogen (secondary N) is 1. The molecule has 0 bridgehead atoms. The fourth-order valence-electron chi connectivity index (χ4n) is 3.83. The van der Waals surface area contributed by atoms with Gasteiger partial charge in [0.2, 0.25) is 5.91 Å². The number of amides is 1. The predicted octanol–water partition coefficient (Wildman–Crippen LogP) is 3.79. The molecule has 1 fully saturated rings. The van der Waals surface area contributed by atoms with Crippen molar-refractivity contribution in [3.05, 3.63) is 65.2 Å². The summed E-state index contributed by atoms with van der Waals surface area (Å²) >= 11 is 0. The maximum Gasteiger partial charge on any atom is 0.224 e. The van der Waals surface area contributed by atoms with E-state index in [1.54, 1.807) is 7.11 Å². The summed E-state index contributed by atoms with van der Waals surface area (Å²) in [5, 5.41) is 3.07. The molecule has 2 aromatic rings. The Morgan fingerprint density at radius 1 is 1.11 bits per heavy atom. The number of methoxy groups -OCH3 is 1. The van der Waals surface area contributed by atoms with E-state index in [9.17, 15) is 4.79 Å². The molecule has 1 amide bonds. The topological polar surface area (TPSA) is 41.6 Å². The number of para-hydroxylation sites is 1. The summed E-state index contributed by atoms with van der Waals surface area (Å²) in [4.78, 5) is 15.0. The van der Waals surface area contributed by atoms with Crippen LogP contribution in [0.3, 0.4) is 0 Å². The Morgan fingerprint density at radius 3 is 2.56 bits per heavy atom. The second kappa shape index (κ2) is 9.56. The summed E-state index contributed by atoms with van der Waals surface area (Å²) in [6.45, 7) is 6.18. The highest BCUT2D eigenvalue weighted by molar-refractivity contribution is 5.79. The second-order valence-electron chi connectivity index (χ2n) is 7.52. The highest BCUT2D eigenvalue weighted by Crippen LogP contribution is 2.20. The van der Waals surface area contributed by atoms with Gasteiger partial charge in [-0.25, -0.2) is 0 Å². The Balaban J connectivity index is 1.58. The zero-order valence-electron chi connectivity index (χ0n) is 16.4. The molecule has 1 unspecified atom stereocenters. The second-order valence-corrected chi connectivity index (χ2v) is 7.52. The Morgan fingerprint density at radius 2 is 1.81 bits per heavy atom. The highest BCUT2D eigenvalue weighted by atomic mass is 16.5. The predicted molar refractivity (Wildman–Crippen MR) is 109 cm³/mol. The molecule has 1 saturated heterocycles. The summed E-state index contributed by atoms with van der Waals surface area (Å²) in [6, 6.07) is 16.1. The molecule has 27 heavy (non-hydrogen) atoms. The number of likely N-dealkylation sites (tertiary alicyclic amines) is 1. The summed E-state index contributed by atoms with van der Waals surface area (Å²) in [5.41, 5.74) is 3.42. The van der Waals surface area contributed by atoms with Crippen molar-refractivity contribution in [1.82, 2.24) is 10.2 Å². The molecule has 3 rings (SSSR count). The third-order valence-corrected chi connectivity index (χ3v) is 5.27. The minimum absolute atomic E-state index is 0.0147. The van der Waals surface area contributed by atoms with E-state index in [2.05, 4.69) is 35.3 Å². The molecule has 0 saturated carbocycles. The Kier molecular flexibility index (Phi) is 6.88. The molecule has 4 heteroatoms. The average Bonchev–Trinajstić information content (AvgIpc) is 2.68. The van der Waals surface area contributed by atoms with E-state index in [0.29, 0.717) is 13.0 Å². The standard InChI is InChI=1S/C23H30N2O2/c1-18-8-7-13-25(16-18)17-21-11-4-3-10-20(21)15-24-23(26)14-19-9-5-6-12-22(19)27-2/h3-6,9-12,18H,7-8,13-17H2,1-2H3,(H,24,26). The lowest BCUT2D eigenvalue weighted by Gasteiger charge is -2.31. The molecule has 4 nitrogen and oxygen atoms in total. The van der Waals surface area contributed by atoms with Gasteiger partial charge in [-0.3, -0.25) is 9.69 Å². The molecule has 0 spiro atoms. The number of hydrogen-bond acceptors (Lipinski definition) is 3. The van der Waals surface area contributed by atoms with E-state index in [0.717, 1.165) is 30.3 Å². The summed E-state index contributed by atoms with van der Waals surface area (Å²) < 4.78 is 5.34. The number of nitrogens with zero attached hydrogens (tertiary/aromatic N) is 1. The van der Waals surface area contributed by atoms with Crippen molar-refractivity contribution >= 4 is 5.91 Å². The van der Waals surface area contributed by atoms with Gasteiger partial charge in [0.15, 0.2) is 0 Å². The zero-order chi connectivity index (χ0) is 19.1. The number of rotatable bonds is 7. The van der Waals surface area contributed by atoms with Crippen LogP contribution in [0.2, 0.25) is 0 Å². The molecule has 1 aliphatic heterocycles. The van der Waals surface area contributed by atoms with Crippen LogP contribution >= 0.6 is 0 Å². The quantitative estimate of drug-likeness (QED) is 0.811. The van der Waals surface area contributed by atoms with E-state index in [-0.39, 0.29) is 5.91 Å². The molecule has 1 heterocycles. The first-order valence-electron chi connectivity index (χ1n) is 9.83. The van der Waals surface area contributed by atoms with Crippen LogP contribution in [0.15, 0.2) is 48.5 Å². The Bertz CT molecular complexity index is 760. The molecule has 144 valence electrons. The van der Waals surface area contributed by atoms with Gasteiger partial charge in [-0.2, -0.15) is 0 Å². The number of hydrogen-bond donors (Lipinski definition) is 1.